The Bertz CT molecular complexity index is 1420. The van der Waals surface area contributed by atoms with E-state index in [-0.39, 0.29) is 36.5 Å². The van der Waals surface area contributed by atoms with Crippen LogP contribution >= 0.6 is 0 Å². The van der Waals surface area contributed by atoms with Gasteiger partial charge in [-0.1, -0.05) is 13.8 Å². The Morgan fingerprint density at radius 3 is 2.66 bits per heavy atom. The molecule has 5 N–H and O–H groups in total. The summed E-state index contributed by atoms with van der Waals surface area (Å²) in [6.07, 6.45) is 1.08. The summed E-state index contributed by atoms with van der Waals surface area (Å²) in [4.78, 5) is 23.2. The number of H-pyrrole nitrogens is 1. The van der Waals surface area contributed by atoms with Gasteiger partial charge in [-0.2, -0.15) is 5.10 Å². The fourth-order valence-electron chi connectivity index (χ4n) is 3.94. The van der Waals surface area contributed by atoms with Gasteiger partial charge in [0, 0.05) is 29.7 Å². The molecule has 4 rings (SSSR count). The van der Waals surface area contributed by atoms with Gasteiger partial charge in [-0.05, 0) is 41.8 Å². The third kappa shape index (κ3) is 4.99. The summed E-state index contributed by atoms with van der Waals surface area (Å²) in [6, 6.07) is 10.4. The summed E-state index contributed by atoms with van der Waals surface area (Å²) in [5.74, 6) is 0.0439. The second kappa shape index (κ2) is 9.94. The molecule has 0 saturated carbocycles. The summed E-state index contributed by atoms with van der Waals surface area (Å²) < 4.78 is 13.5. The van der Waals surface area contributed by atoms with Crippen LogP contribution in [0.1, 0.15) is 25.3 Å². The number of carbonyl (C=O) groups is 1. The first-order chi connectivity index (χ1) is 16.8. The molecular weight excluding hydrogens is 454 g/mol. The lowest BCUT2D eigenvalue weighted by Crippen LogP contribution is -2.17. The van der Waals surface area contributed by atoms with Crippen molar-refractivity contribution in [3.05, 3.63) is 58.6 Å². The molecule has 2 aromatic heterocycles. The molecule has 0 aliphatic heterocycles. The Morgan fingerprint density at radius 2 is 1.91 bits per heavy atom. The number of amides is 1. The fraction of sp³-hybridized carbons (Fsp3) is 0.292. The van der Waals surface area contributed by atoms with Crippen LogP contribution in [0.3, 0.4) is 0 Å². The van der Waals surface area contributed by atoms with E-state index in [4.69, 9.17) is 10.5 Å². The smallest absolute Gasteiger partial charge is 0.404 e. The number of hydrogen-bond donors (Lipinski definition) is 4. The summed E-state index contributed by atoms with van der Waals surface area (Å²) in [7, 11) is 0. The summed E-state index contributed by atoms with van der Waals surface area (Å²) in [5, 5.41) is 28.2. The first-order valence-electron chi connectivity index (χ1n) is 11.1. The quantitative estimate of drug-likeness (QED) is 0.268. The number of phenolic OH excluding ortho intramolecular Hbond substituents is 2. The van der Waals surface area contributed by atoms with Crippen LogP contribution in [0.25, 0.3) is 28.0 Å². The van der Waals surface area contributed by atoms with Crippen LogP contribution in [0.15, 0.2) is 47.4 Å². The molecule has 0 aliphatic carbocycles. The van der Waals surface area contributed by atoms with Crippen molar-refractivity contribution in [3.63, 3.8) is 0 Å². The Hall–Kier alpha value is -4.25. The standard InChI is InChI=1S/C24H27N5O6/c1-14(2)17-12-18(21(31)13-20(17)30)22-26-27-24(33)29(22)16-3-4-19-15(11-16)5-6-28(19)7-8-34-9-10-35-23(25)32/h3-6,11-14,30-31H,7-10H2,1-2H3,(H2,25,32)(H,27,33). The van der Waals surface area contributed by atoms with Crippen LogP contribution < -0.4 is 11.4 Å². The normalized spacial score (nSPS) is 11.4. The maximum absolute atomic E-state index is 12.7. The van der Waals surface area contributed by atoms with Crippen molar-refractivity contribution in [2.45, 2.75) is 26.3 Å². The van der Waals surface area contributed by atoms with E-state index in [1.165, 1.54) is 10.6 Å². The molecule has 4 aromatic rings. The number of aromatic nitrogens is 4. The highest BCUT2D eigenvalue weighted by Crippen LogP contribution is 2.37. The minimum atomic E-state index is -0.832. The number of benzene rings is 2. The molecule has 2 aromatic carbocycles. The van der Waals surface area contributed by atoms with Crippen LogP contribution in [0.5, 0.6) is 11.5 Å². The summed E-state index contributed by atoms with van der Waals surface area (Å²) in [5.41, 5.74) is 6.94. The highest BCUT2D eigenvalue weighted by molar-refractivity contribution is 5.83. The SMILES string of the molecule is CC(C)c1cc(-c2n[nH]c(=O)n2-c2ccc3c(ccn3CCOCCOC(N)=O)c2)c(O)cc1O. The predicted molar refractivity (Wildman–Crippen MR) is 129 cm³/mol. The van der Waals surface area contributed by atoms with E-state index in [9.17, 15) is 19.8 Å². The van der Waals surface area contributed by atoms with Crippen molar-refractivity contribution in [2.24, 2.45) is 5.73 Å². The van der Waals surface area contributed by atoms with Crippen LogP contribution in [0.4, 0.5) is 4.79 Å². The zero-order valence-electron chi connectivity index (χ0n) is 19.4. The minimum Gasteiger partial charge on any atom is -0.508 e. The molecule has 0 bridgehead atoms. The van der Waals surface area contributed by atoms with Gasteiger partial charge < -0.3 is 30.0 Å². The lowest BCUT2D eigenvalue weighted by molar-refractivity contribution is 0.0730. The molecule has 11 nitrogen and oxygen atoms in total. The van der Waals surface area contributed by atoms with Gasteiger partial charge in [0.05, 0.1) is 24.5 Å². The number of aromatic hydroxyl groups is 2. The minimum absolute atomic E-state index is 0.00392. The molecule has 0 fully saturated rings. The van der Waals surface area contributed by atoms with Gasteiger partial charge in [0.25, 0.3) is 0 Å². The van der Waals surface area contributed by atoms with E-state index >= 15 is 0 Å². The number of hydrogen-bond acceptors (Lipinski definition) is 7. The van der Waals surface area contributed by atoms with Crippen molar-refractivity contribution in [2.75, 3.05) is 19.8 Å². The van der Waals surface area contributed by atoms with E-state index in [0.29, 0.717) is 30.0 Å². The molecule has 0 unspecified atom stereocenters. The van der Waals surface area contributed by atoms with E-state index < -0.39 is 11.8 Å². The number of nitrogens with zero attached hydrogens (tertiary/aromatic N) is 3. The molecule has 0 radical (unpaired) electrons. The van der Waals surface area contributed by atoms with Crippen LogP contribution in [0.2, 0.25) is 0 Å². The van der Waals surface area contributed by atoms with Crippen LogP contribution in [-0.2, 0) is 16.0 Å². The first kappa shape index (κ1) is 23.9. The van der Waals surface area contributed by atoms with Crippen LogP contribution in [0, 0.1) is 0 Å². The summed E-state index contributed by atoms with van der Waals surface area (Å²) >= 11 is 0. The Balaban J connectivity index is 1.60. The van der Waals surface area contributed by atoms with Gasteiger partial charge in [-0.25, -0.2) is 19.3 Å². The average Bonchev–Trinajstić information content (AvgIpc) is 3.38. The maximum Gasteiger partial charge on any atom is 0.404 e. The highest BCUT2D eigenvalue weighted by Gasteiger charge is 2.20. The van der Waals surface area contributed by atoms with E-state index in [0.717, 1.165) is 10.9 Å². The fourth-order valence-corrected chi connectivity index (χ4v) is 3.94. The van der Waals surface area contributed by atoms with Crippen molar-refractivity contribution in [1.29, 1.82) is 0 Å². The lowest BCUT2D eigenvalue weighted by Gasteiger charge is -2.13. The third-order valence-electron chi connectivity index (χ3n) is 5.64. The number of rotatable bonds is 9. The highest BCUT2D eigenvalue weighted by atomic mass is 16.6. The van der Waals surface area contributed by atoms with E-state index in [1.54, 1.807) is 12.1 Å². The number of primary amides is 1. The predicted octanol–water partition coefficient (Wildman–Crippen LogP) is 2.83. The zero-order chi connectivity index (χ0) is 25.1. The van der Waals surface area contributed by atoms with Gasteiger partial charge in [0.15, 0.2) is 5.82 Å². The summed E-state index contributed by atoms with van der Waals surface area (Å²) in [6.45, 7) is 5.19. The maximum atomic E-state index is 12.7. The molecule has 0 saturated heterocycles. The zero-order valence-corrected chi connectivity index (χ0v) is 19.4. The van der Waals surface area contributed by atoms with Gasteiger partial charge in [0.2, 0.25) is 0 Å². The molecule has 2 heterocycles. The molecule has 1 amide bonds. The van der Waals surface area contributed by atoms with Crippen molar-refractivity contribution < 1.29 is 24.5 Å². The Morgan fingerprint density at radius 1 is 1.11 bits per heavy atom. The number of carbonyl (C=O) groups excluding carboxylic acids is 1. The van der Waals surface area contributed by atoms with Gasteiger partial charge in [-0.3, -0.25) is 0 Å². The van der Waals surface area contributed by atoms with Gasteiger partial charge in [-0.15, -0.1) is 0 Å². The topological polar surface area (TPSA) is 158 Å². The first-order valence-corrected chi connectivity index (χ1v) is 11.1. The second-order valence-electron chi connectivity index (χ2n) is 8.30. The molecule has 184 valence electrons. The number of ether oxygens (including phenoxy) is 2. The molecule has 11 heteroatoms. The molecule has 0 atom stereocenters. The monoisotopic (exact) mass is 481 g/mol. The number of nitrogens with two attached hydrogens (primary N) is 1. The average molecular weight is 482 g/mol. The van der Waals surface area contributed by atoms with Crippen molar-refractivity contribution >= 4 is 17.0 Å². The molecular formula is C24H27N5O6. The van der Waals surface area contributed by atoms with Gasteiger partial charge >= 0.3 is 11.8 Å². The van der Waals surface area contributed by atoms with Crippen molar-refractivity contribution in [1.82, 2.24) is 19.3 Å². The largest absolute Gasteiger partial charge is 0.508 e. The van der Waals surface area contributed by atoms with Crippen LogP contribution in [-0.4, -0.2) is 55.5 Å². The van der Waals surface area contributed by atoms with E-state index in [2.05, 4.69) is 14.9 Å². The van der Waals surface area contributed by atoms with E-state index in [1.807, 2.05) is 42.8 Å². The Labute approximate surface area is 200 Å². The lowest BCUT2D eigenvalue weighted by atomic mass is 9.98. The number of fused-ring (bicyclic) bond motifs is 1. The molecule has 0 aliphatic rings. The second-order valence-corrected chi connectivity index (χ2v) is 8.30. The third-order valence-corrected chi connectivity index (χ3v) is 5.64. The Kier molecular flexibility index (Phi) is 6.78. The number of nitrogens with one attached hydrogen (secondary N) is 1. The van der Waals surface area contributed by atoms with Crippen molar-refractivity contribution in [3.8, 4) is 28.6 Å². The number of phenols is 2. The molecule has 35 heavy (non-hydrogen) atoms. The molecule has 0 spiro atoms. The van der Waals surface area contributed by atoms with Gasteiger partial charge in [0.1, 0.15) is 18.1 Å². The number of aromatic amines is 1.